The molecule has 22 heavy (non-hydrogen) atoms. The topological polar surface area (TPSA) is 55.4 Å². The number of rotatable bonds is 7. The lowest BCUT2D eigenvalue weighted by atomic mass is 10.1. The number of thiophene rings is 1. The molecule has 0 aliphatic carbocycles. The molecule has 1 aromatic carbocycles. The van der Waals surface area contributed by atoms with Crippen molar-refractivity contribution in [1.82, 2.24) is 0 Å². The number of anilines is 1. The normalized spacial score (nSPS) is 10.2. The quantitative estimate of drug-likeness (QED) is 0.788. The highest BCUT2D eigenvalue weighted by Crippen LogP contribution is 2.12. The Morgan fingerprint density at radius 3 is 2.59 bits per heavy atom. The molecule has 116 valence electrons. The molecule has 0 unspecified atom stereocenters. The summed E-state index contributed by atoms with van der Waals surface area (Å²) in [5.74, 6) is -0.814. The van der Waals surface area contributed by atoms with E-state index in [-0.39, 0.29) is 12.5 Å². The first-order valence-electron chi connectivity index (χ1n) is 7.28. The minimum atomic E-state index is -0.472. The van der Waals surface area contributed by atoms with Gasteiger partial charge in [0.1, 0.15) is 4.88 Å². The molecule has 0 aliphatic rings. The molecular weight excluding hydrogens is 298 g/mol. The van der Waals surface area contributed by atoms with Crippen molar-refractivity contribution in [2.75, 3.05) is 11.9 Å². The fraction of sp³-hybridized carbons (Fsp3) is 0.294. The molecule has 0 bridgehead atoms. The van der Waals surface area contributed by atoms with Crippen molar-refractivity contribution in [3.05, 3.63) is 52.2 Å². The van der Waals surface area contributed by atoms with Gasteiger partial charge < -0.3 is 10.1 Å². The highest BCUT2D eigenvalue weighted by atomic mass is 32.1. The molecule has 0 fully saturated rings. The van der Waals surface area contributed by atoms with Gasteiger partial charge in [-0.15, -0.1) is 11.3 Å². The van der Waals surface area contributed by atoms with Crippen molar-refractivity contribution in [1.29, 1.82) is 0 Å². The van der Waals surface area contributed by atoms with Gasteiger partial charge in [0.05, 0.1) is 0 Å². The average Bonchev–Trinajstić information content (AvgIpc) is 3.06. The molecule has 0 atom stereocenters. The Bertz CT molecular complexity index is 605. The Kier molecular flexibility index (Phi) is 6.15. The number of benzene rings is 1. The smallest absolute Gasteiger partial charge is 0.348 e. The third-order valence-electron chi connectivity index (χ3n) is 3.11. The van der Waals surface area contributed by atoms with E-state index in [0.717, 1.165) is 19.3 Å². The number of nitrogens with one attached hydrogen (secondary N) is 1. The highest BCUT2D eigenvalue weighted by Gasteiger charge is 2.10. The van der Waals surface area contributed by atoms with Gasteiger partial charge in [0.25, 0.3) is 5.91 Å². The van der Waals surface area contributed by atoms with Crippen LogP contribution in [0.15, 0.2) is 41.8 Å². The van der Waals surface area contributed by atoms with E-state index in [0.29, 0.717) is 10.6 Å². The predicted molar refractivity (Wildman–Crippen MR) is 88.3 cm³/mol. The van der Waals surface area contributed by atoms with Crippen LogP contribution in [-0.2, 0) is 16.0 Å². The zero-order valence-corrected chi connectivity index (χ0v) is 13.3. The minimum absolute atomic E-state index is 0.283. The summed E-state index contributed by atoms with van der Waals surface area (Å²) >= 11 is 1.29. The van der Waals surface area contributed by atoms with E-state index in [1.807, 2.05) is 24.3 Å². The zero-order chi connectivity index (χ0) is 15.8. The van der Waals surface area contributed by atoms with Gasteiger partial charge in [0.2, 0.25) is 0 Å². The number of carbonyl (C=O) groups is 2. The molecule has 4 nitrogen and oxygen atoms in total. The van der Waals surface area contributed by atoms with E-state index in [4.69, 9.17) is 4.74 Å². The highest BCUT2D eigenvalue weighted by molar-refractivity contribution is 7.11. The van der Waals surface area contributed by atoms with Gasteiger partial charge in [-0.05, 0) is 42.0 Å². The number of ether oxygens (including phenoxy) is 1. The van der Waals surface area contributed by atoms with E-state index in [1.54, 1.807) is 17.5 Å². The maximum absolute atomic E-state index is 11.8. The SMILES string of the molecule is CCCCc1ccc(NC(=O)COC(=O)c2cccs2)cc1. The van der Waals surface area contributed by atoms with Crippen LogP contribution in [0.3, 0.4) is 0 Å². The first-order chi connectivity index (χ1) is 10.7. The molecular formula is C17H19NO3S. The molecule has 1 N–H and O–H groups in total. The molecule has 5 heteroatoms. The summed E-state index contributed by atoms with van der Waals surface area (Å²) in [7, 11) is 0. The van der Waals surface area contributed by atoms with Crippen LogP contribution < -0.4 is 5.32 Å². The van der Waals surface area contributed by atoms with Gasteiger partial charge in [-0.2, -0.15) is 0 Å². The van der Waals surface area contributed by atoms with Crippen LogP contribution in [0, 0.1) is 0 Å². The van der Waals surface area contributed by atoms with E-state index in [9.17, 15) is 9.59 Å². The Labute approximate surface area is 134 Å². The van der Waals surface area contributed by atoms with Gasteiger partial charge >= 0.3 is 5.97 Å². The van der Waals surface area contributed by atoms with Gasteiger partial charge in [-0.25, -0.2) is 4.79 Å². The molecule has 1 heterocycles. The summed E-state index contributed by atoms with van der Waals surface area (Å²) in [6, 6.07) is 11.2. The molecule has 0 spiro atoms. The summed E-state index contributed by atoms with van der Waals surface area (Å²) in [5, 5.41) is 4.50. The van der Waals surface area contributed by atoms with Crippen LogP contribution in [0.25, 0.3) is 0 Å². The standard InChI is InChI=1S/C17H19NO3S/c1-2-3-5-13-7-9-14(10-8-13)18-16(19)12-21-17(20)15-6-4-11-22-15/h4,6-11H,2-3,5,12H2,1H3,(H,18,19). The second kappa shape index (κ2) is 8.34. The van der Waals surface area contributed by atoms with Crippen molar-refractivity contribution >= 4 is 28.9 Å². The van der Waals surface area contributed by atoms with Crippen LogP contribution in [0.5, 0.6) is 0 Å². The monoisotopic (exact) mass is 317 g/mol. The molecule has 2 aromatic rings. The third-order valence-corrected chi connectivity index (χ3v) is 3.96. The van der Waals surface area contributed by atoms with Crippen LogP contribution in [0.4, 0.5) is 5.69 Å². The molecule has 1 amide bonds. The van der Waals surface area contributed by atoms with Crippen molar-refractivity contribution in [2.24, 2.45) is 0 Å². The third kappa shape index (κ3) is 5.00. The first kappa shape index (κ1) is 16.2. The van der Waals surface area contributed by atoms with Gasteiger partial charge in [0, 0.05) is 5.69 Å². The fourth-order valence-corrected chi connectivity index (χ4v) is 2.55. The van der Waals surface area contributed by atoms with Crippen molar-refractivity contribution in [3.8, 4) is 0 Å². The Balaban J connectivity index is 1.78. The minimum Gasteiger partial charge on any atom is -0.451 e. The Morgan fingerprint density at radius 1 is 1.18 bits per heavy atom. The van der Waals surface area contributed by atoms with Gasteiger partial charge in [0.15, 0.2) is 6.61 Å². The lowest BCUT2D eigenvalue weighted by Crippen LogP contribution is -2.20. The lowest BCUT2D eigenvalue weighted by molar-refractivity contribution is -0.119. The van der Waals surface area contributed by atoms with Gasteiger partial charge in [-0.1, -0.05) is 31.5 Å². The molecule has 1 aromatic heterocycles. The number of unbranched alkanes of at least 4 members (excludes halogenated alkanes) is 1. The summed E-state index contributed by atoms with van der Waals surface area (Å²) in [6.07, 6.45) is 3.36. The maximum Gasteiger partial charge on any atom is 0.348 e. The van der Waals surface area contributed by atoms with Crippen LogP contribution >= 0.6 is 11.3 Å². The summed E-state index contributed by atoms with van der Waals surface area (Å²) in [6.45, 7) is 1.88. The molecule has 0 saturated heterocycles. The number of amides is 1. The Morgan fingerprint density at radius 2 is 1.95 bits per heavy atom. The van der Waals surface area contributed by atoms with Crippen molar-refractivity contribution < 1.29 is 14.3 Å². The fourth-order valence-electron chi connectivity index (χ4n) is 1.93. The maximum atomic E-state index is 11.8. The van der Waals surface area contributed by atoms with Crippen LogP contribution in [0.2, 0.25) is 0 Å². The van der Waals surface area contributed by atoms with Gasteiger partial charge in [-0.3, -0.25) is 4.79 Å². The first-order valence-corrected chi connectivity index (χ1v) is 8.16. The summed E-state index contributed by atoms with van der Waals surface area (Å²) < 4.78 is 4.96. The second-order valence-corrected chi connectivity index (χ2v) is 5.85. The number of hydrogen-bond donors (Lipinski definition) is 1. The lowest BCUT2D eigenvalue weighted by Gasteiger charge is -2.07. The number of esters is 1. The van der Waals surface area contributed by atoms with Crippen molar-refractivity contribution in [3.63, 3.8) is 0 Å². The van der Waals surface area contributed by atoms with E-state index in [1.165, 1.54) is 16.9 Å². The number of carbonyl (C=O) groups excluding carboxylic acids is 2. The van der Waals surface area contributed by atoms with E-state index in [2.05, 4.69) is 12.2 Å². The Hall–Kier alpha value is -2.14. The van der Waals surface area contributed by atoms with E-state index < -0.39 is 5.97 Å². The number of aryl methyl sites for hydroxylation is 1. The van der Waals surface area contributed by atoms with Crippen molar-refractivity contribution in [2.45, 2.75) is 26.2 Å². The molecule has 0 radical (unpaired) electrons. The molecule has 2 rings (SSSR count). The second-order valence-electron chi connectivity index (χ2n) is 4.90. The molecule has 0 aliphatic heterocycles. The van der Waals surface area contributed by atoms with Crippen LogP contribution in [0.1, 0.15) is 35.0 Å². The predicted octanol–water partition coefficient (Wildman–Crippen LogP) is 3.89. The van der Waals surface area contributed by atoms with E-state index >= 15 is 0 Å². The summed E-state index contributed by atoms with van der Waals surface area (Å²) in [5.41, 5.74) is 1.96. The molecule has 0 saturated carbocycles. The summed E-state index contributed by atoms with van der Waals surface area (Å²) in [4.78, 5) is 23.9. The zero-order valence-electron chi connectivity index (χ0n) is 12.5. The number of hydrogen-bond acceptors (Lipinski definition) is 4. The largest absolute Gasteiger partial charge is 0.451 e. The van der Waals surface area contributed by atoms with Crippen LogP contribution in [-0.4, -0.2) is 18.5 Å². The average molecular weight is 317 g/mol.